The molecule has 2 aliphatic rings. The van der Waals surface area contributed by atoms with Gasteiger partial charge in [-0.05, 0) is 65.3 Å². The average Bonchev–Trinajstić information content (AvgIpc) is 2.78. The molecule has 1 aliphatic heterocycles. The van der Waals surface area contributed by atoms with E-state index in [-0.39, 0.29) is 5.54 Å². The van der Waals surface area contributed by atoms with Crippen molar-refractivity contribution in [3.8, 4) is 0 Å². The number of hydrogen-bond donors (Lipinski definition) is 1. The molecule has 19 heavy (non-hydrogen) atoms. The number of nitrogens with zero attached hydrogens (tertiary/aromatic N) is 1. The molecule has 1 saturated carbocycles. The van der Waals surface area contributed by atoms with Crippen molar-refractivity contribution in [1.29, 1.82) is 0 Å². The van der Waals surface area contributed by atoms with Gasteiger partial charge in [0.2, 0.25) is 0 Å². The van der Waals surface area contributed by atoms with E-state index in [2.05, 4.69) is 37.9 Å². The average molecular weight is 266 g/mol. The van der Waals surface area contributed by atoms with Gasteiger partial charge in [-0.15, -0.1) is 0 Å². The Balaban J connectivity index is 1.94. The van der Waals surface area contributed by atoms with E-state index >= 15 is 0 Å². The second-order valence-electron chi connectivity index (χ2n) is 8.13. The summed E-state index contributed by atoms with van der Waals surface area (Å²) >= 11 is 0. The SMILES string of the molecule is CC1CCCCN1CC1(CNC(C)(C)C)CCCC1. The molecule has 2 heteroatoms. The van der Waals surface area contributed by atoms with Crippen LogP contribution in [0.5, 0.6) is 0 Å². The minimum atomic E-state index is 0.253. The van der Waals surface area contributed by atoms with E-state index < -0.39 is 0 Å². The number of rotatable bonds is 4. The molecule has 0 bridgehead atoms. The Bertz CT molecular complexity index is 273. The van der Waals surface area contributed by atoms with Crippen molar-refractivity contribution in [3.05, 3.63) is 0 Å². The Hall–Kier alpha value is -0.0800. The fourth-order valence-electron chi connectivity index (χ4n) is 3.79. The molecule has 0 radical (unpaired) electrons. The first-order valence-corrected chi connectivity index (χ1v) is 8.39. The molecule has 1 aliphatic carbocycles. The van der Waals surface area contributed by atoms with Gasteiger partial charge in [-0.1, -0.05) is 19.3 Å². The summed E-state index contributed by atoms with van der Waals surface area (Å²) in [7, 11) is 0. The van der Waals surface area contributed by atoms with Gasteiger partial charge in [-0.25, -0.2) is 0 Å². The van der Waals surface area contributed by atoms with Gasteiger partial charge >= 0.3 is 0 Å². The first-order valence-electron chi connectivity index (χ1n) is 8.39. The largest absolute Gasteiger partial charge is 0.311 e. The lowest BCUT2D eigenvalue weighted by molar-refractivity contribution is 0.0850. The normalized spacial score (nSPS) is 28.7. The van der Waals surface area contributed by atoms with Crippen molar-refractivity contribution in [1.82, 2.24) is 10.2 Å². The molecule has 112 valence electrons. The molecule has 0 amide bonds. The molecule has 1 N–H and O–H groups in total. The molecule has 1 heterocycles. The van der Waals surface area contributed by atoms with Crippen LogP contribution in [0, 0.1) is 5.41 Å². The van der Waals surface area contributed by atoms with Crippen molar-refractivity contribution >= 4 is 0 Å². The Morgan fingerprint density at radius 3 is 2.37 bits per heavy atom. The summed E-state index contributed by atoms with van der Waals surface area (Å²) in [4.78, 5) is 2.78. The smallest absolute Gasteiger partial charge is 0.00967 e. The fourth-order valence-corrected chi connectivity index (χ4v) is 3.79. The van der Waals surface area contributed by atoms with Crippen LogP contribution < -0.4 is 5.32 Å². The molecule has 1 atom stereocenters. The zero-order valence-electron chi connectivity index (χ0n) is 13.6. The Kier molecular flexibility index (Phi) is 4.94. The molecule has 1 saturated heterocycles. The highest BCUT2D eigenvalue weighted by Gasteiger charge is 2.37. The fraction of sp³-hybridized carbons (Fsp3) is 1.00. The van der Waals surface area contributed by atoms with Gasteiger partial charge in [0.25, 0.3) is 0 Å². The van der Waals surface area contributed by atoms with Gasteiger partial charge in [0.1, 0.15) is 0 Å². The summed E-state index contributed by atoms with van der Waals surface area (Å²) in [5, 5.41) is 3.78. The van der Waals surface area contributed by atoms with Gasteiger partial charge in [-0.2, -0.15) is 0 Å². The third-order valence-corrected chi connectivity index (χ3v) is 5.14. The molecular weight excluding hydrogens is 232 g/mol. The summed E-state index contributed by atoms with van der Waals surface area (Å²) in [5.41, 5.74) is 0.808. The van der Waals surface area contributed by atoms with Crippen molar-refractivity contribution in [2.75, 3.05) is 19.6 Å². The van der Waals surface area contributed by atoms with Crippen molar-refractivity contribution < 1.29 is 0 Å². The number of hydrogen-bond acceptors (Lipinski definition) is 2. The molecule has 2 nitrogen and oxygen atoms in total. The summed E-state index contributed by atoms with van der Waals surface area (Å²) in [6, 6.07) is 0.806. The van der Waals surface area contributed by atoms with Crippen molar-refractivity contribution in [3.63, 3.8) is 0 Å². The van der Waals surface area contributed by atoms with Crippen LogP contribution in [0.3, 0.4) is 0 Å². The Morgan fingerprint density at radius 1 is 1.11 bits per heavy atom. The van der Waals surface area contributed by atoms with Gasteiger partial charge in [-0.3, -0.25) is 0 Å². The molecule has 2 fully saturated rings. The van der Waals surface area contributed by atoms with E-state index in [1.807, 2.05) is 0 Å². The third kappa shape index (κ3) is 4.46. The zero-order chi connectivity index (χ0) is 13.9. The van der Waals surface area contributed by atoms with Crippen LogP contribution in [-0.2, 0) is 0 Å². The predicted octanol–water partition coefficient (Wildman–Crippen LogP) is 3.81. The number of nitrogens with one attached hydrogen (secondary N) is 1. The first kappa shape index (κ1) is 15.3. The van der Waals surface area contributed by atoms with Crippen molar-refractivity contribution in [2.24, 2.45) is 5.41 Å². The van der Waals surface area contributed by atoms with E-state index in [0.717, 1.165) is 6.04 Å². The van der Waals surface area contributed by atoms with Crippen LogP contribution in [0.1, 0.15) is 72.6 Å². The summed E-state index contributed by atoms with van der Waals surface area (Å²) in [6.45, 7) is 13.2. The van der Waals surface area contributed by atoms with E-state index in [9.17, 15) is 0 Å². The molecular formula is C17H34N2. The van der Waals surface area contributed by atoms with Crippen LogP contribution in [0.2, 0.25) is 0 Å². The highest BCUT2D eigenvalue weighted by atomic mass is 15.2. The lowest BCUT2D eigenvalue weighted by Gasteiger charge is -2.42. The van der Waals surface area contributed by atoms with Gasteiger partial charge in [0.05, 0.1) is 0 Å². The molecule has 0 aromatic heterocycles. The molecule has 0 aromatic rings. The summed E-state index contributed by atoms with van der Waals surface area (Å²) in [5.74, 6) is 0. The lowest BCUT2D eigenvalue weighted by atomic mass is 9.83. The minimum Gasteiger partial charge on any atom is -0.311 e. The minimum absolute atomic E-state index is 0.253. The second kappa shape index (κ2) is 6.13. The highest BCUT2D eigenvalue weighted by Crippen LogP contribution is 2.39. The van der Waals surface area contributed by atoms with Gasteiger partial charge in [0, 0.05) is 24.7 Å². The van der Waals surface area contributed by atoms with E-state index in [4.69, 9.17) is 0 Å². The van der Waals surface area contributed by atoms with Crippen LogP contribution in [0.15, 0.2) is 0 Å². The lowest BCUT2D eigenvalue weighted by Crippen LogP contribution is -2.50. The van der Waals surface area contributed by atoms with E-state index in [1.54, 1.807) is 0 Å². The monoisotopic (exact) mass is 266 g/mol. The van der Waals surface area contributed by atoms with Crippen molar-refractivity contribution in [2.45, 2.75) is 84.2 Å². The molecule has 0 spiro atoms. The van der Waals surface area contributed by atoms with E-state index in [0.29, 0.717) is 5.41 Å². The van der Waals surface area contributed by atoms with Gasteiger partial charge in [0.15, 0.2) is 0 Å². The highest BCUT2D eigenvalue weighted by molar-refractivity contribution is 4.92. The maximum Gasteiger partial charge on any atom is 0.00967 e. The van der Waals surface area contributed by atoms with Crippen LogP contribution in [0.25, 0.3) is 0 Å². The van der Waals surface area contributed by atoms with Crippen LogP contribution >= 0.6 is 0 Å². The maximum atomic E-state index is 3.78. The van der Waals surface area contributed by atoms with Gasteiger partial charge < -0.3 is 10.2 Å². The predicted molar refractivity (Wildman–Crippen MR) is 83.5 cm³/mol. The first-order chi connectivity index (χ1) is 8.90. The number of likely N-dealkylation sites (tertiary alicyclic amines) is 1. The van der Waals surface area contributed by atoms with Crippen LogP contribution in [0.4, 0.5) is 0 Å². The maximum absolute atomic E-state index is 3.78. The number of piperidine rings is 1. The summed E-state index contributed by atoms with van der Waals surface area (Å²) < 4.78 is 0. The Labute approximate surface area is 120 Å². The standard InChI is InChI=1S/C17H34N2/c1-15-9-5-8-12-19(15)14-17(10-6-7-11-17)13-18-16(2,3)4/h15,18H,5-14H2,1-4H3. The molecule has 1 unspecified atom stereocenters. The third-order valence-electron chi connectivity index (χ3n) is 5.14. The second-order valence-corrected chi connectivity index (χ2v) is 8.13. The zero-order valence-corrected chi connectivity index (χ0v) is 13.6. The van der Waals surface area contributed by atoms with Crippen LogP contribution in [-0.4, -0.2) is 36.1 Å². The summed E-state index contributed by atoms with van der Waals surface area (Å²) in [6.07, 6.45) is 9.99. The quantitative estimate of drug-likeness (QED) is 0.832. The Morgan fingerprint density at radius 2 is 1.79 bits per heavy atom. The van der Waals surface area contributed by atoms with E-state index in [1.165, 1.54) is 64.6 Å². The molecule has 0 aromatic carbocycles. The topological polar surface area (TPSA) is 15.3 Å². The molecule has 2 rings (SSSR count).